The third-order valence-electron chi connectivity index (χ3n) is 1.82. The van der Waals surface area contributed by atoms with Crippen molar-refractivity contribution in [1.29, 1.82) is 0 Å². The Kier molecular flexibility index (Phi) is 3.31. The first kappa shape index (κ1) is 9.57. The van der Waals surface area contributed by atoms with E-state index in [2.05, 4.69) is 15.5 Å². The minimum Gasteiger partial charge on any atom is -0.334 e. The van der Waals surface area contributed by atoms with Crippen molar-refractivity contribution in [2.24, 2.45) is 0 Å². The lowest BCUT2D eigenvalue weighted by atomic mass is 10.4. The molecule has 1 aromatic heterocycles. The standard InChI is InChI=1S/C8H14N4O/c1-3-12(2)8(13)9-4-7-5-10-11-6-7/h5-6H,3-4H2,1-2H3,(H,9,13)(H,10,11). The number of urea groups is 1. The highest BCUT2D eigenvalue weighted by Gasteiger charge is 2.04. The molecule has 5 nitrogen and oxygen atoms in total. The van der Waals surface area contributed by atoms with Gasteiger partial charge in [-0.15, -0.1) is 0 Å². The Balaban J connectivity index is 2.31. The second-order valence-electron chi connectivity index (χ2n) is 2.78. The largest absolute Gasteiger partial charge is 0.334 e. The number of hydrogen-bond acceptors (Lipinski definition) is 2. The fourth-order valence-electron chi connectivity index (χ4n) is 0.831. The summed E-state index contributed by atoms with van der Waals surface area (Å²) in [4.78, 5) is 12.9. The van der Waals surface area contributed by atoms with Crippen LogP contribution in [0.1, 0.15) is 12.5 Å². The number of amides is 2. The van der Waals surface area contributed by atoms with Crippen molar-refractivity contribution in [3.05, 3.63) is 18.0 Å². The Hall–Kier alpha value is -1.52. The van der Waals surface area contributed by atoms with Crippen LogP contribution in [0.15, 0.2) is 12.4 Å². The molecular formula is C8H14N4O. The highest BCUT2D eigenvalue weighted by Crippen LogP contribution is 1.92. The molecule has 0 aliphatic rings. The zero-order valence-corrected chi connectivity index (χ0v) is 7.87. The minimum atomic E-state index is -0.0660. The van der Waals surface area contributed by atoms with Crippen LogP contribution in [-0.4, -0.2) is 34.7 Å². The molecule has 2 N–H and O–H groups in total. The maximum Gasteiger partial charge on any atom is 0.317 e. The van der Waals surface area contributed by atoms with Crippen molar-refractivity contribution < 1.29 is 4.79 Å². The van der Waals surface area contributed by atoms with Gasteiger partial charge < -0.3 is 10.2 Å². The third kappa shape index (κ3) is 2.77. The van der Waals surface area contributed by atoms with Gasteiger partial charge in [0.1, 0.15) is 0 Å². The molecule has 1 aromatic rings. The van der Waals surface area contributed by atoms with E-state index >= 15 is 0 Å². The Morgan fingerprint density at radius 1 is 1.77 bits per heavy atom. The van der Waals surface area contributed by atoms with Crippen LogP contribution in [0.25, 0.3) is 0 Å². The number of aromatic amines is 1. The summed E-state index contributed by atoms with van der Waals surface area (Å²) in [6.45, 7) is 3.15. The zero-order valence-electron chi connectivity index (χ0n) is 7.87. The zero-order chi connectivity index (χ0) is 9.68. The monoisotopic (exact) mass is 182 g/mol. The molecular weight excluding hydrogens is 168 g/mol. The van der Waals surface area contributed by atoms with E-state index in [-0.39, 0.29) is 6.03 Å². The summed E-state index contributed by atoms with van der Waals surface area (Å²) in [5, 5.41) is 9.22. The van der Waals surface area contributed by atoms with Gasteiger partial charge in [-0.25, -0.2) is 4.79 Å². The van der Waals surface area contributed by atoms with E-state index in [9.17, 15) is 4.79 Å². The number of H-pyrrole nitrogens is 1. The molecule has 0 radical (unpaired) electrons. The molecule has 0 unspecified atom stereocenters. The van der Waals surface area contributed by atoms with Crippen molar-refractivity contribution >= 4 is 6.03 Å². The topological polar surface area (TPSA) is 61.0 Å². The number of aromatic nitrogens is 2. The quantitative estimate of drug-likeness (QED) is 0.718. The fourth-order valence-corrected chi connectivity index (χ4v) is 0.831. The summed E-state index contributed by atoms with van der Waals surface area (Å²) in [6.07, 6.45) is 3.44. The first-order valence-corrected chi connectivity index (χ1v) is 4.20. The number of carbonyl (C=O) groups is 1. The molecule has 0 bridgehead atoms. The van der Waals surface area contributed by atoms with Crippen LogP contribution in [0.4, 0.5) is 4.79 Å². The van der Waals surface area contributed by atoms with Gasteiger partial charge >= 0.3 is 6.03 Å². The molecule has 13 heavy (non-hydrogen) atoms. The van der Waals surface area contributed by atoms with Crippen molar-refractivity contribution in [1.82, 2.24) is 20.4 Å². The lowest BCUT2D eigenvalue weighted by Gasteiger charge is -2.14. The van der Waals surface area contributed by atoms with Gasteiger partial charge in [0.15, 0.2) is 0 Å². The smallest absolute Gasteiger partial charge is 0.317 e. The summed E-state index contributed by atoms with van der Waals surface area (Å²) in [5.41, 5.74) is 0.970. The molecule has 0 aromatic carbocycles. The third-order valence-corrected chi connectivity index (χ3v) is 1.82. The molecule has 2 amide bonds. The molecule has 72 valence electrons. The lowest BCUT2D eigenvalue weighted by molar-refractivity contribution is 0.210. The summed E-state index contributed by atoms with van der Waals surface area (Å²) in [5.74, 6) is 0. The van der Waals surface area contributed by atoms with Crippen molar-refractivity contribution in [3.8, 4) is 0 Å². The minimum absolute atomic E-state index is 0.0660. The SMILES string of the molecule is CCN(C)C(=O)NCc1cn[nH]c1. The summed E-state index contributed by atoms with van der Waals surface area (Å²) < 4.78 is 0. The predicted octanol–water partition coefficient (Wildman–Crippen LogP) is 0.571. The highest BCUT2D eigenvalue weighted by molar-refractivity contribution is 5.73. The van der Waals surface area contributed by atoms with Gasteiger partial charge in [-0.3, -0.25) is 5.10 Å². The number of carbonyl (C=O) groups excluding carboxylic acids is 1. The molecule has 0 saturated heterocycles. The van der Waals surface area contributed by atoms with Gasteiger partial charge in [0.25, 0.3) is 0 Å². The first-order chi connectivity index (χ1) is 6.24. The second-order valence-corrected chi connectivity index (χ2v) is 2.78. The molecule has 0 fully saturated rings. The van der Waals surface area contributed by atoms with Crippen LogP contribution in [0.5, 0.6) is 0 Å². The second kappa shape index (κ2) is 4.49. The summed E-state index contributed by atoms with van der Waals surface area (Å²) in [7, 11) is 1.75. The van der Waals surface area contributed by atoms with E-state index in [4.69, 9.17) is 0 Å². The van der Waals surface area contributed by atoms with E-state index in [1.165, 1.54) is 0 Å². The number of rotatable bonds is 3. The van der Waals surface area contributed by atoms with Crippen LogP contribution >= 0.6 is 0 Å². The summed E-state index contributed by atoms with van der Waals surface area (Å²) in [6, 6.07) is -0.0660. The maximum atomic E-state index is 11.3. The van der Waals surface area contributed by atoms with Gasteiger partial charge in [0.2, 0.25) is 0 Å². The van der Waals surface area contributed by atoms with Gasteiger partial charge in [-0.2, -0.15) is 5.10 Å². The average molecular weight is 182 g/mol. The number of nitrogens with zero attached hydrogens (tertiary/aromatic N) is 2. The normalized spacial score (nSPS) is 9.69. The average Bonchev–Trinajstić information content (AvgIpc) is 2.65. The van der Waals surface area contributed by atoms with Crippen molar-refractivity contribution in [2.45, 2.75) is 13.5 Å². The van der Waals surface area contributed by atoms with Crippen LogP contribution in [0, 0.1) is 0 Å². The Morgan fingerprint density at radius 2 is 2.54 bits per heavy atom. The molecule has 0 aliphatic heterocycles. The number of nitrogens with one attached hydrogen (secondary N) is 2. The van der Waals surface area contributed by atoms with Gasteiger partial charge in [-0.1, -0.05) is 0 Å². The van der Waals surface area contributed by atoms with Crippen LogP contribution in [-0.2, 0) is 6.54 Å². The van der Waals surface area contributed by atoms with E-state index in [1.54, 1.807) is 24.3 Å². The molecule has 0 saturated carbocycles. The predicted molar refractivity (Wildman–Crippen MR) is 49.1 cm³/mol. The van der Waals surface area contributed by atoms with E-state index in [0.29, 0.717) is 13.1 Å². The Morgan fingerprint density at radius 3 is 3.08 bits per heavy atom. The molecule has 0 atom stereocenters. The Bertz CT molecular complexity index is 257. The molecule has 1 heterocycles. The summed E-state index contributed by atoms with van der Waals surface area (Å²) >= 11 is 0. The Labute approximate surface area is 77.1 Å². The van der Waals surface area contributed by atoms with Gasteiger partial charge in [0.05, 0.1) is 6.20 Å². The van der Waals surface area contributed by atoms with Gasteiger partial charge in [-0.05, 0) is 6.92 Å². The van der Waals surface area contributed by atoms with Crippen LogP contribution in [0.3, 0.4) is 0 Å². The molecule has 5 heteroatoms. The van der Waals surface area contributed by atoms with Crippen LogP contribution in [0.2, 0.25) is 0 Å². The van der Waals surface area contributed by atoms with E-state index in [0.717, 1.165) is 5.56 Å². The fraction of sp³-hybridized carbons (Fsp3) is 0.500. The van der Waals surface area contributed by atoms with E-state index < -0.39 is 0 Å². The van der Waals surface area contributed by atoms with E-state index in [1.807, 2.05) is 6.92 Å². The molecule has 1 rings (SSSR count). The van der Waals surface area contributed by atoms with Crippen LogP contribution < -0.4 is 5.32 Å². The highest BCUT2D eigenvalue weighted by atomic mass is 16.2. The van der Waals surface area contributed by atoms with Gasteiger partial charge in [0, 0.05) is 31.9 Å². The van der Waals surface area contributed by atoms with Crippen molar-refractivity contribution in [2.75, 3.05) is 13.6 Å². The molecule has 0 spiro atoms. The first-order valence-electron chi connectivity index (χ1n) is 4.20. The lowest BCUT2D eigenvalue weighted by Crippen LogP contribution is -2.36. The van der Waals surface area contributed by atoms with Crippen molar-refractivity contribution in [3.63, 3.8) is 0 Å². The maximum absolute atomic E-state index is 11.3. The molecule has 0 aliphatic carbocycles. The number of hydrogen-bond donors (Lipinski definition) is 2.